The molecule has 0 aliphatic carbocycles. The van der Waals surface area contributed by atoms with Crippen molar-refractivity contribution in [2.45, 2.75) is 19.1 Å². The van der Waals surface area contributed by atoms with Crippen molar-refractivity contribution in [2.75, 3.05) is 20.8 Å². The summed E-state index contributed by atoms with van der Waals surface area (Å²) in [5.74, 6) is 0.856. The number of carbonyl (C=O) groups is 1. The second-order valence-corrected chi connectivity index (χ2v) is 7.05. The molecule has 7 nitrogen and oxygen atoms in total. The minimum Gasteiger partial charge on any atom is -0.493 e. The summed E-state index contributed by atoms with van der Waals surface area (Å²) in [4.78, 5) is 14.6. The number of carbonyl (C=O) groups excluding carboxylic acids is 1. The average Bonchev–Trinajstić information content (AvgIpc) is 3.27. The van der Waals surface area contributed by atoms with E-state index in [0.29, 0.717) is 31.0 Å². The number of halogens is 3. The lowest BCUT2D eigenvalue weighted by atomic mass is 9.98. The molecule has 1 amide bonds. The van der Waals surface area contributed by atoms with Crippen molar-refractivity contribution in [3.63, 3.8) is 0 Å². The van der Waals surface area contributed by atoms with E-state index < -0.39 is 11.7 Å². The molecule has 0 spiro atoms. The van der Waals surface area contributed by atoms with Crippen molar-refractivity contribution in [3.8, 4) is 17.2 Å². The maximum absolute atomic E-state index is 13.0. The van der Waals surface area contributed by atoms with Crippen LogP contribution < -0.4 is 9.47 Å². The van der Waals surface area contributed by atoms with E-state index >= 15 is 0 Å². The summed E-state index contributed by atoms with van der Waals surface area (Å²) in [7, 11) is 3.11. The number of amides is 1. The largest absolute Gasteiger partial charge is 0.493 e. The highest BCUT2D eigenvalue weighted by atomic mass is 19.4. The first-order valence-electron chi connectivity index (χ1n) is 9.43. The van der Waals surface area contributed by atoms with Crippen LogP contribution in [-0.2, 0) is 19.1 Å². The first-order valence-corrected chi connectivity index (χ1v) is 9.43. The van der Waals surface area contributed by atoms with Crippen LogP contribution in [0.15, 0.2) is 42.6 Å². The Morgan fingerprint density at radius 2 is 1.77 bits per heavy atom. The van der Waals surface area contributed by atoms with Crippen LogP contribution in [0, 0.1) is 0 Å². The lowest BCUT2D eigenvalue weighted by Crippen LogP contribution is -2.36. The van der Waals surface area contributed by atoms with Crippen molar-refractivity contribution in [3.05, 3.63) is 65.0 Å². The number of aromatic nitrogens is 3. The molecule has 0 saturated carbocycles. The maximum atomic E-state index is 13.0. The summed E-state index contributed by atoms with van der Waals surface area (Å²) in [5, 5.41) is 7.71. The van der Waals surface area contributed by atoms with Crippen molar-refractivity contribution in [1.29, 1.82) is 0 Å². The Morgan fingerprint density at radius 3 is 2.45 bits per heavy atom. The second-order valence-electron chi connectivity index (χ2n) is 7.05. The second kappa shape index (κ2) is 7.93. The van der Waals surface area contributed by atoms with Gasteiger partial charge in [0.2, 0.25) is 0 Å². The van der Waals surface area contributed by atoms with E-state index in [1.807, 2.05) is 12.1 Å². The van der Waals surface area contributed by atoms with E-state index in [1.54, 1.807) is 19.1 Å². The Hall–Kier alpha value is -3.56. The number of fused-ring (bicyclic) bond motifs is 1. The monoisotopic (exact) mass is 432 g/mol. The van der Waals surface area contributed by atoms with Crippen LogP contribution in [0.5, 0.6) is 11.5 Å². The third-order valence-corrected chi connectivity index (χ3v) is 5.16. The summed E-state index contributed by atoms with van der Waals surface area (Å²) >= 11 is 0. The Balaban J connectivity index is 1.55. The van der Waals surface area contributed by atoms with Crippen LogP contribution in [0.2, 0.25) is 0 Å². The normalized spacial score (nSPS) is 13.6. The Labute approximate surface area is 176 Å². The summed E-state index contributed by atoms with van der Waals surface area (Å²) in [6.07, 6.45) is -2.51. The smallest absolute Gasteiger partial charge is 0.416 e. The molecule has 0 saturated heterocycles. The van der Waals surface area contributed by atoms with E-state index in [0.717, 1.165) is 27.9 Å². The molecule has 2 heterocycles. The molecule has 1 aliphatic rings. The van der Waals surface area contributed by atoms with Gasteiger partial charge in [0.1, 0.15) is 0 Å². The SMILES string of the molecule is COc1cc2c(cc1OC)CN(C(=O)c1cn(-c3cccc(C(F)(F)F)c3)nn1)CC2. The molecule has 2 aromatic carbocycles. The van der Waals surface area contributed by atoms with Gasteiger partial charge < -0.3 is 14.4 Å². The number of hydrogen-bond donors (Lipinski definition) is 0. The summed E-state index contributed by atoms with van der Waals surface area (Å²) in [5.41, 5.74) is 1.42. The minimum atomic E-state index is -4.47. The molecule has 1 aliphatic heterocycles. The van der Waals surface area contributed by atoms with Gasteiger partial charge in [-0.15, -0.1) is 5.10 Å². The van der Waals surface area contributed by atoms with Crippen LogP contribution >= 0.6 is 0 Å². The fourth-order valence-corrected chi connectivity index (χ4v) is 3.53. The zero-order chi connectivity index (χ0) is 22.2. The first kappa shape index (κ1) is 20.7. The molecule has 162 valence electrons. The molecule has 3 aromatic rings. The molecule has 0 radical (unpaired) electrons. The fraction of sp³-hybridized carbons (Fsp3) is 0.286. The Kier molecular flexibility index (Phi) is 5.30. The Morgan fingerprint density at radius 1 is 1.06 bits per heavy atom. The van der Waals surface area contributed by atoms with Crippen LogP contribution in [0.4, 0.5) is 13.2 Å². The van der Waals surface area contributed by atoms with Crippen molar-refractivity contribution < 1.29 is 27.4 Å². The quantitative estimate of drug-likeness (QED) is 0.631. The van der Waals surface area contributed by atoms with Crippen molar-refractivity contribution >= 4 is 5.91 Å². The molecule has 1 aromatic heterocycles. The molecule has 31 heavy (non-hydrogen) atoms. The lowest BCUT2D eigenvalue weighted by molar-refractivity contribution is -0.137. The molecule has 0 bridgehead atoms. The number of hydrogen-bond acceptors (Lipinski definition) is 5. The zero-order valence-corrected chi connectivity index (χ0v) is 16.8. The molecule has 0 atom stereocenters. The predicted octanol–water partition coefficient (Wildman–Crippen LogP) is 3.50. The van der Waals surface area contributed by atoms with E-state index in [9.17, 15) is 18.0 Å². The minimum absolute atomic E-state index is 0.0568. The van der Waals surface area contributed by atoms with Crippen LogP contribution in [0.1, 0.15) is 27.2 Å². The van der Waals surface area contributed by atoms with Gasteiger partial charge in [-0.25, -0.2) is 4.68 Å². The van der Waals surface area contributed by atoms with Gasteiger partial charge in [-0.1, -0.05) is 11.3 Å². The van der Waals surface area contributed by atoms with Gasteiger partial charge in [-0.05, 0) is 47.9 Å². The topological polar surface area (TPSA) is 69.5 Å². The van der Waals surface area contributed by atoms with Crippen LogP contribution in [-0.4, -0.2) is 46.6 Å². The third-order valence-electron chi connectivity index (χ3n) is 5.16. The summed E-state index contributed by atoms with van der Waals surface area (Å²) in [6.45, 7) is 0.822. The molecule has 0 N–H and O–H groups in total. The van der Waals surface area contributed by atoms with Crippen LogP contribution in [0.3, 0.4) is 0 Å². The zero-order valence-electron chi connectivity index (χ0n) is 16.8. The summed E-state index contributed by atoms with van der Waals surface area (Å²) < 4.78 is 50.7. The maximum Gasteiger partial charge on any atom is 0.416 e. The average molecular weight is 432 g/mol. The number of methoxy groups -OCH3 is 2. The van der Waals surface area contributed by atoms with E-state index in [-0.39, 0.29) is 17.3 Å². The van der Waals surface area contributed by atoms with E-state index in [1.165, 1.54) is 18.3 Å². The number of alkyl halides is 3. The molecule has 10 heteroatoms. The molecule has 4 rings (SSSR count). The van der Waals surface area contributed by atoms with Crippen molar-refractivity contribution in [1.82, 2.24) is 19.9 Å². The molecule has 0 fully saturated rings. The Bertz CT molecular complexity index is 1130. The predicted molar refractivity (Wildman–Crippen MR) is 104 cm³/mol. The fourth-order valence-electron chi connectivity index (χ4n) is 3.53. The van der Waals surface area contributed by atoms with Gasteiger partial charge in [0.05, 0.1) is 31.7 Å². The van der Waals surface area contributed by atoms with E-state index in [2.05, 4.69) is 10.3 Å². The van der Waals surface area contributed by atoms with Gasteiger partial charge in [0.25, 0.3) is 5.91 Å². The van der Waals surface area contributed by atoms with Crippen LogP contribution in [0.25, 0.3) is 5.69 Å². The van der Waals surface area contributed by atoms with Gasteiger partial charge >= 0.3 is 6.18 Å². The van der Waals surface area contributed by atoms with Gasteiger partial charge in [0, 0.05) is 13.1 Å². The number of benzene rings is 2. The summed E-state index contributed by atoms with van der Waals surface area (Å²) in [6, 6.07) is 8.42. The highest BCUT2D eigenvalue weighted by Gasteiger charge is 2.31. The van der Waals surface area contributed by atoms with Gasteiger partial charge in [0.15, 0.2) is 17.2 Å². The van der Waals surface area contributed by atoms with Gasteiger partial charge in [-0.2, -0.15) is 13.2 Å². The standard InChI is InChI=1S/C21H19F3N4O3/c1-30-18-8-13-6-7-27(11-14(13)9-19(18)31-2)20(29)17-12-28(26-25-17)16-5-3-4-15(10-16)21(22,23)24/h3-5,8-10,12H,6-7,11H2,1-2H3. The number of ether oxygens (including phenoxy) is 2. The van der Waals surface area contributed by atoms with E-state index in [4.69, 9.17) is 9.47 Å². The molecular formula is C21H19F3N4O3. The molecular weight excluding hydrogens is 413 g/mol. The number of rotatable bonds is 4. The number of nitrogens with zero attached hydrogens (tertiary/aromatic N) is 4. The molecule has 0 unspecified atom stereocenters. The lowest BCUT2D eigenvalue weighted by Gasteiger charge is -2.29. The third kappa shape index (κ3) is 4.05. The highest BCUT2D eigenvalue weighted by molar-refractivity contribution is 5.92. The van der Waals surface area contributed by atoms with Gasteiger partial charge in [-0.3, -0.25) is 4.79 Å². The first-order chi connectivity index (χ1) is 14.8. The highest BCUT2D eigenvalue weighted by Crippen LogP contribution is 2.33. The van der Waals surface area contributed by atoms with Crippen molar-refractivity contribution in [2.24, 2.45) is 0 Å².